The number of carbonyl (C=O) groups is 2. The Hall–Kier alpha value is -1.12. The molecule has 1 unspecified atom stereocenters. The molecule has 0 fully saturated rings. The van der Waals surface area contributed by atoms with Crippen LogP contribution >= 0.6 is 0 Å². The zero-order valence-electron chi connectivity index (χ0n) is 6.37. The Kier molecular flexibility index (Phi) is 2.41. The topological polar surface area (TPSA) is 43.4 Å². The molecule has 0 aromatic heterocycles. The number of hydrogen-bond acceptors (Lipinski definition) is 3. The van der Waals surface area contributed by atoms with Gasteiger partial charge in [0.05, 0.1) is 13.5 Å². The first kappa shape index (κ1) is 7.98. The van der Waals surface area contributed by atoms with Crippen molar-refractivity contribution in [2.45, 2.75) is 12.8 Å². The normalized spacial score (nSPS) is 22.3. The van der Waals surface area contributed by atoms with Crippen molar-refractivity contribution in [1.82, 2.24) is 0 Å². The number of ketones is 1. The van der Waals surface area contributed by atoms with Gasteiger partial charge in [-0.05, 0) is 12.0 Å². The maximum atomic E-state index is 10.7. The Morgan fingerprint density at radius 1 is 1.82 bits per heavy atom. The Morgan fingerprint density at radius 2 is 2.55 bits per heavy atom. The quantitative estimate of drug-likeness (QED) is 0.550. The van der Waals surface area contributed by atoms with Crippen molar-refractivity contribution in [3.8, 4) is 0 Å². The molecule has 0 aromatic rings. The van der Waals surface area contributed by atoms with E-state index in [-0.39, 0.29) is 17.7 Å². The highest BCUT2D eigenvalue weighted by molar-refractivity contribution is 5.92. The molecule has 0 radical (unpaired) electrons. The molecular formula is C8H10O3. The molecule has 0 bridgehead atoms. The van der Waals surface area contributed by atoms with Crippen LogP contribution < -0.4 is 0 Å². The summed E-state index contributed by atoms with van der Waals surface area (Å²) in [4.78, 5) is 21.4. The van der Waals surface area contributed by atoms with Gasteiger partial charge in [-0.15, -0.1) is 0 Å². The maximum Gasteiger partial charge on any atom is 0.306 e. The van der Waals surface area contributed by atoms with E-state index in [1.54, 1.807) is 6.08 Å². The van der Waals surface area contributed by atoms with Crippen LogP contribution in [0.5, 0.6) is 0 Å². The largest absolute Gasteiger partial charge is 0.469 e. The Bertz CT molecular complexity index is 205. The van der Waals surface area contributed by atoms with Crippen molar-refractivity contribution in [3.05, 3.63) is 12.2 Å². The summed E-state index contributed by atoms with van der Waals surface area (Å²) < 4.78 is 4.46. The molecule has 3 nitrogen and oxygen atoms in total. The number of hydrogen-bond donors (Lipinski definition) is 0. The summed E-state index contributed by atoms with van der Waals surface area (Å²) in [6.45, 7) is 0. The molecule has 0 amide bonds. The summed E-state index contributed by atoms with van der Waals surface area (Å²) in [5.74, 6) is -0.0943. The summed E-state index contributed by atoms with van der Waals surface area (Å²) in [6.07, 6.45) is 4.06. The number of carbonyl (C=O) groups excluding carboxylic acids is 2. The van der Waals surface area contributed by atoms with Gasteiger partial charge in [-0.1, -0.05) is 6.08 Å². The van der Waals surface area contributed by atoms with Crippen molar-refractivity contribution >= 4 is 11.8 Å². The molecule has 0 N–H and O–H groups in total. The Labute approximate surface area is 65.0 Å². The van der Waals surface area contributed by atoms with Gasteiger partial charge in [0.2, 0.25) is 0 Å². The molecular weight excluding hydrogens is 144 g/mol. The van der Waals surface area contributed by atoms with Gasteiger partial charge in [-0.2, -0.15) is 0 Å². The van der Waals surface area contributed by atoms with Crippen LogP contribution in [0.1, 0.15) is 12.8 Å². The fourth-order valence-corrected chi connectivity index (χ4v) is 1.08. The van der Waals surface area contributed by atoms with E-state index in [9.17, 15) is 9.59 Å². The van der Waals surface area contributed by atoms with E-state index in [0.29, 0.717) is 12.8 Å². The first-order valence-electron chi connectivity index (χ1n) is 3.50. The lowest BCUT2D eigenvalue weighted by atomic mass is 10.1. The van der Waals surface area contributed by atoms with E-state index in [4.69, 9.17) is 0 Å². The molecule has 1 atom stereocenters. The van der Waals surface area contributed by atoms with Crippen LogP contribution in [-0.4, -0.2) is 18.9 Å². The summed E-state index contributed by atoms with van der Waals surface area (Å²) in [6, 6.07) is 0. The standard InChI is InChI=1S/C8H10O3/c1-11-8(10)5-6-2-3-7(9)4-6/h2-3,6H,4-5H2,1H3. The fourth-order valence-electron chi connectivity index (χ4n) is 1.08. The third-order valence-corrected chi connectivity index (χ3v) is 1.67. The van der Waals surface area contributed by atoms with E-state index in [0.717, 1.165) is 0 Å². The van der Waals surface area contributed by atoms with E-state index >= 15 is 0 Å². The van der Waals surface area contributed by atoms with E-state index < -0.39 is 0 Å². The molecule has 1 rings (SSSR count). The molecule has 0 saturated carbocycles. The first-order chi connectivity index (χ1) is 5.22. The predicted octanol–water partition coefficient (Wildman–Crippen LogP) is 0.695. The number of esters is 1. The van der Waals surface area contributed by atoms with Gasteiger partial charge < -0.3 is 4.74 Å². The van der Waals surface area contributed by atoms with Gasteiger partial charge in [-0.25, -0.2) is 0 Å². The monoisotopic (exact) mass is 154 g/mol. The van der Waals surface area contributed by atoms with Crippen LogP contribution in [0.4, 0.5) is 0 Å². The first-order valence-corrected chi connectivity index (χ1v) is 3.50. The summed E-state index contributed by atoms with van der Waals surface area (Å²) in [7, 11) is 1.35. The highest BCUT2D eigenvalue weighted by atomic mass is 16.5. The lowest BCUT2D eigenvalue weighted by Gasteiger charge is -2.02. The average molecular weight is 154 g/mol. The third kappa shape index (κ3) is 2.18. The van der Waals surface area contributed by atoms with Crippen molar-refractivity contribution < 1.29 is 14.3 Å². The van der Waals surface area contributed by atoms with Crippen molar-refractivity contribution in [1.29, 1.82) is 0 Å². The molecule has 3 heteroatoms. The van der Waals surface area contributed by atoms with Gasteiger partial charge in [0.25, 0.3) is 0 Å². The minimum absolute atomic E-state index is 0.0648. The third-order valence-electron chi connectivity index (χ3n) is 1.67. The van der Waals surface area contributed by atoms with Crippen LogP contribution in [0, 0.1) is 5.92 Å². The van der Waals surface area contributed by atoms with Crippen LogP contribution in [0.3, 0.4) is 0 Å². The van der Waals surface area contributed by atoms with Crippen molar-refractivity contribution in [3.63, 3.8) is 0 Å². The van der Waals surface area contributed by atoms with Crippen LogP contribution in [0.2, 0.25) is 0 Å². The van der Waals surface area contributed by atoms with Crippen LogP contribution in [0.15, 0.2) is 12.2 Å². The zero-order chi connectivity index (χ0) is 8.27. The summed E-state index contributed by atoms with van der Waals surface area (Å²) in [5.41, 5.74) is 0. The number of allylic oxidation sites excluding steroid dienone is 2. The summed E-state index contributed by atoms with van der Waals surface area (Å²) in [5, 5.41) is 0. The molecule has 1 aliphatic carbocycles. The molecule has 0 aliphatic heterocycles. The second kappa shape index (κ2) is 3.32. The highest BCUT2D eigenvalue weighted by Gasteiger charge is 2.18. The van der Waals surface area contributed by atoms with Crippen LogP contribution in [0.25, 0.3) is 0 Å². The zero-order valence-corrected chi connectivity index (χ0v) is 6.37. The van der Waals surface area contributed by atoms with E-state index in [1.807, 2.05) is 0 Å². The van der Waals surface area contributed by atoms with Crippen LogP contribution in [-0.2, 0) is 14.3 Å². The smallest absolute Gasteiger partial charge is 0.306 e. The van der Waals surface area contributed by atoms with Gasteiger partial charge in [0.1, 0.15) is 0 Å². The van der Waals surface area contributed by atoms with Gasteiger partial charge in [-0.3, -0.25) is 9.59 Å². The minimum atomic E-state index is -0.255. The second-order valence-corrected chi connectivity index (χ2v) is 2.57. The molecule has 0 spiro atoms. The number of rotatable bonds is 2. The molecule has 11 heavy (non-hydrogen) atoms. The van der Waals surface area contributed by atoms with Crippen molar-refractivity contribution in [2.24, 2.45) is 5.92 Å². The SMILES string of the molecule is COC(=O)CC1C=CC(=O)C1. The molecule has 60 valence electrons. The van der Waals surface area contributed by atoms with Gasteiger partial charge in [0, 0.05) is 6.42 Å². The lowest BCUT2D eigenvalue weighted by Crippen LogP contribution is -2.07. The molecule has 0 heterocycles. The highest BCUT2D eigenvalue weighted by Crippen LogP contribution is 2.17. The Morgan fingerprint density at radius 3 is 3.00 bits per heavy atom. The van der Waals surface area contributed by atoms with E-state index in [1.165, 1.54) is 13.2 Å². The van der Waals surface area contributed by atoms with Gasteiger partial charge in [0.15, 0.2) is 5.78 Å². The fraction of sp³-hybridized carbons (Fsp3) is 0.500. The van der Waals surface area contributed by atoms with Crippen molar-refractivity contribution in [2.75, 3.05) is 7.11 Å². The van der Waals surface area contributed by atoms with E-state index in [2.05, 4.69) is 4.74 Å². The lowest BCUT2D eigenvalue weighted by molar-refractivity contribution is -0.141. The Balaban J connectivity index is 2.35. The minimum Gasteiger partial charge on any atom is -0.469 e. The second-order valence-electron chi connectivity index (χ2n) is 2.57. The number of methoxy groups -OCH3 is 1. The number of ether oxygens (including phenoxy) is 1. The molecule has 0 saturated heterocycles. The maximum absolute atomic E-state index is 10.7. The average Bonchev–Trinajstić information content (AvgIpc) is 2.35. The predicted molar refractivity (Wildman–Crippen MR) is 38.9 cm³/mol. The summed E-state index contributed by atoms with van der Waals surface area (Å²) >= 11 is 0. The molecule has 0 aromatic carbocycles. The molecule has 1 aliphatic rings. The van der Waals surface area contributed by atoms with Gasteiger partial charge >= 0.3 is 5.97 Å².